The van der Waals surface area contributed by atoms with E-state index in [1.807, 2.05) is 6.92 Å². The Labute approximate surface area is 78.8 Å². The van der Waals surface area contributed by atoms with Gasteiger partial charge in [-0.1, -0.05) is 26.7 Å². The fraction of sp³-hybridized carbons (Fsp3) is 0.889. The van der Waals surface area contributed by atoms with Crippen molar-refractivity contribution in [1.29, 1.82) is 0 Å². The fourth-order valence-corrected chi connectivity index (χ4v) is 1.13. The normalized spacial score (nSPS) is 12.2. The molecule has 0 saturated heterocycles. The zero-order valence-corrected chi connectivity index (χ0v) is 8.28. The molecule has 1 N–H and O–H groups in total. The third kappa shape index (κ3) is 6.40. The van der Waals surface area contributed by atoms with E-state index in [2.05, 4.69) is 11.8 Å². The summed E-state index contributed by atoms with van der Waals surface area (Å²) in [6.07, 6.45) is 3.75. The van der Waals surface area contributed by atoms with E-state index in [0.29, 0.717) is 0 Å². The molecular weight excluding hydrogens is 172 g/mol. The Kier molecular flexibility index (Phi) is 7.39. The summed E-state index contributed by atoms with van der Waals surface area (Å²) in [6, 6.07) is 0. The van der Waals surface area contributed by atoms with Crippen LogP contribution in [0.2, 0.25) is 0 Å². The molecule has 0 radical (unpaired) electrons. The maximum atomic E-state index is 10.5. The molecule has 4 heteroatoms. The van der Waals surface area contributed by atoms with Crippen LogP contribution in [0.1, 0.15) is 46.0 Å². The van der Waals surface area contributed by atoms with Crippen molar-refractivity contribution >= 4 is 6.16 Å². The lowest BCUT2D eigenvalue weighted by Gasteiger charge is -2.13. The molecule has 13 heavy (non-hydrogen) atoms. The first-order chi connectivity index (χ1) is 6.24. The van der Waals surface area contributed by atoms with E-state index in [4.69, 9.17) is 9.99 Å². The zero-order valence-electron chi connectivity index (χ0n) is 8.28. The van der Waals surface area contributed by atoms with Crippen molar-refractivity contribution in [3.8, 4) is 0 Å². The molecule has 1 unspecified atom stereocenters. The molecule has 0 rings (SSSR count). The maximum Gasteiger partial charge on any atom is 0.540 e. The minimum Gasteiger partial charge on any atom is -0.429 e. The Morgan fingerprint density at radius 1 is 1.38 bits per heavy atom. The highest BCUT2D eigenvalue weighted by molar-refractivity contribution is 5.59. The van der Waals surface area contributed by atoms with E-state index in [1.54, 1.807) is 0 Å². The lowest BCUT2D eigenvalue weighted by Crippen LogP contribution is -2.17. The Balaban J connectivity index is 3.56. The number of unbranched alkanes of at least 4 members (excludes halogenated alkanes) is 2. The summed E-state index contributed by atoms with van der Waals surface area (Å²) in [5.41, 5.74) is 0. The standard InChI is InChI=1S/C9H18O4/c1-3-5-6-7-8(4-2)12-9(10)13-11/h8,11H,3-7H2,1-2H3. The van der Waals surface area contributed by atoms with E-state index in [1.165, 1.54) is 0 Å². The average molecular weight is 190 g/mol. The first kappa shape index (κ1) is 12.2. The summed E-state index contributed by atoms with van der Waals surface area (Å²) >= 11 is 0. The van der Waals surface area contributed by atoms with Gasteiger partial charge in [-0.05, 0) is 19.3 Å². The summed E-state index contributed by atoms with van der Waals surface area (Å²) in [5, 5.41) is 7.98. The van der Waals surface area contributed by atoms with Crippen LogP contribution in [-0.4, -0.2) is 17.5 Å². The van der Waals surface area contributed by atoms with Gasteiger partial charge in [-0.15, -0.1) is 0 Å². The summed E-state index contributed by atoms with van der Waals surface area (Å²) < 4.78 is 4.78. The van der Waals surface area contributed by atoms with Gasteiger partial charge in [0.15, 0.2) is 0 Å². The largest absolute Gasteiger partial charge is 0.540 e. The van der Waals surface area contributed by atoms with Gasteiger partial charge in [0.2, 0.25) is 0 Å². The van der Waals surface area contributed by atoms with Crippen LogP contribution in [-0.2, 0) is 9.62 Å². The van der Waals surface area contributed by atoms with Crippen LogP contribution in [0.25, 0.3) is 0 Å². The number of carbonyl (C=O) groups excluding carboxylic acids is 1. The molecule has 0 heterocycles. The highest BCUT2D eigenvalue weighted by Gasteiger charge is 2.12. The van der Waals surface area contributed by atoms with Gasteiger partial charge >= 0.3 is 6.16 Å². The minimum atomic E-state index is -1.01. The predicted molar refractivity (Wildman–Crippen MR) is 48.4 cm³/mol. The molecule has 0 aromatic heterocycles. The summed E-state index contributed by atoms with van der Waals surface area (Å²) in [5.74, 6) is 0. The number of ether oxygens (including phenoxy) is 1. The van der Waals surface area contributed by atoms with Gasteiger partial charge in [0, 0.05) is 0 Å². The van der Waals surface area contributed by atoms with Crippen molar-refractivity contribution < 1.29 is 19.7 Å². The van der Waals surface area contributed by atoms with Crippen LogP contribution in [0.4, 0.5) is 4.79 Å². The topological polar surface area (TPSA) is 55.8 Å². The molecule has 0 aromatic rings. The fourth-order valence-electron chi connectivity index (χ4n) is 1.13. The molecule has 0 aromatic carbocycles. The lowest BCUT2D eigenvalue weighted by atomic mass is 10.1. The molecule has 0 amide bonds. The summed E-state index contributed by atoms with van der Waals surface area (Å²) in [7, 11) is 0. The van der Waals surface area contributed by atoms with Crippen LogP contribution >= 0.6 is 0 Å². The van der Waals surface area contributed by atoms with E-state index in [-0.39, 0.29) is 6.10 Å². The van der Waals surface area contributed by atoms with Gasteiger partial charge in [0.1, 0.15) is 6.10 Å². The highest BCUT2D eigenvalue weighted by atomic mass is 17.1. The minimum absolute atomic E-state index is 0.133. The average Bonchev–Trinajstić information content (AvgIpc) is 2.16. The van der Waals surface area contributed by atoms with Gasteiger partial charge in [-0.2, -0.15) is 5.26 Å². The molecule has 0 bridgehead atoms. The molecule has 0 aliphatic rings. The van der Waals surface area contributed by atoms with Crippen LogP contribution in [0.5, 0.6) is 0 Å². The van der Waals surface area contributed by atoms with Gasteiger partial charge in [0.25, 0.3) is 0 Å². The molecule has 0 saturated carbocycles. The quantitative estimate of drug-likeness (QED) is 0.303. The molecule has 78 valence electrons. The number of carbonyl (C=O) groups is 1. The van der Waals surface area contributed by atoms with Crippen molar-refractivity contribution in [2.75, 3.05) is 0 Å². The Morgan fingerprint density at radius 3 is 2.54 bits per heavy atom. The Morgan fingerprint density at radius 2 is 2.08 bits per heavy atom. The van der Waals surface area contributed by atoms with Crippen molar-refractivity contribution in [3.05, 3.63) is 0 Å². The monoisotopic (exact) mass is 190 g/mol. The van der Waals surface area contributed by atoms with Crippen LogP contribution in [0.3, 0.4) is 0 Å². The first-order valence-corrected chi connectivity index (χ1v) is 4.76. The van der Waals surface area contributed by atoms with E-state index in [9.17, 15) is 4.79 Å². The molecule has 1 atom stereocenters. The lowest BCUT2D eigenvalue weighted by molar-refractivity contribution is -0.205. The van der Waals surface area contributed by atoms with Gasteiger partial charge < -0.3 is 4.74 Å². The van der Waals surface area contributed by atoms with Crippen LogP contribution < -0.4 is 0 Å². The number of hydrogen-bond donors (Lipinski definition) is 1. The van der Waals surface area contributed by atoms with E-state index >= 15 is 0 Å². The van der Waals surface area contributed by atoms with E-state index < -0.39 is 6.16 Å². The zero-order chi connectivity index (χ0) is 10.1. The second-order valence-electron chi connectivity index (χ2n) is 2.99. The SMILES string of the molecule is CCCCCC(CC)OC(=O)OO. The Bertz CT molecular complexity index is 136. The van der Waals surface area contributed by atoms with Crippen LogP contribution in [0, 0.1) is 0 Å². The maximum absolute atomic E-state index is 10.5. The summed E-state index contributed by atoms with van der Waals surface area (Å²) in [4.78, 5) is 13.9. The van der Waals surface area contributed by atoms with Crippen molar-refractivity contribution in [1.82, 2.24) is 0 Å². The van der Waals surface area contributed by atoms with Gasteiger partial charge in [0.05, 0.1) is 0 Å². The predicted octanol–water partition coefficient (Wildman–Crippen LogP) is 2.97. The molecule has 4 nitrogen and oxygen atoms in total. The highest BCUT2D eigenvalue weighted by Crippen LogP contribution is 2.10. The second kappa shape index (κ2) is 7.86. The number of hydrogen-bond acceptors (Lipinski definition) is 4. The van der Waals surface area contributed by atoms with Crippen molar-refractivity contribution in [2.24, 2.45) is 0 Å². The van der Waals surface area contributed by atoms with Crippen molar-refractivity contribution in [3.63, 3.8) is 0 Å². The second-order valence-corrected chi connectivity index (χ2v) is 2.99. The molecule has 0 spiro atoms. The third-order valence-electron chi connectivity index (χ3n) is 1.92. The molecule has 0 aliphatic heterocycles. The smallest absolute Gasteiger partial charge is 0.429 e. The molecule has 0 aliphatic carbocycles. The van der Waals surface area contributed by atoms with Gasteiger partial charge in [-0.25, -0.2) is 4.79 Å². The third-order valence-corrected chi connectivity index (χ3v) is 1.92. The molecular formula is C9H18O4. The van der Waals surface area contributed by atoms with E-state index in [0.717, 1.165) is 32.1 Å². The van der Waals surface area contributed by atoms with Crippen molar-refractivity contribution in [2.45, 2.75) is 52.1 Å². The Hall–Kier alpha value is -0.770. The summed E-state index contributed by atoms with van der Waals surface area (Å²) in [6.45, 7) is 4.05. The number of rotatable bonds is 6. The van der Waals surface area contributed by atoms with Crippen LogP contribution in [0.15, 0.2) is 0 Å². The van der Waals surface area contributed by atoms with Gasteiger partial charge in [-0.3, -0.25) is 4.89 Å². The first-order valence-electron chi connectivity index (χ1n) is 4.76. The molecule has 0 fully saturated rings.